The van der Waals surface area contributed by atoms with Crippen LogP contribution in [0.2, 0.25) is 0 Å². The maximum Gasteiger partial charge on any atom is -0.0323 e. The summed E-state index contributed by atoms with van der Waals surface area (Å²) in [6, 6.07) is 0. The lowest BCUT2D eigenvalue weighted by molar-refractivity contribution is 0.256. The normalized spacial score (nSPS) is 23.1. The Morgan fingerprint density at radius 3 is 2.29 bits per heavy atom. The van der Waals surface area contributed by atoms with Crippen molar-refractivity contribution in [2.75, 3.05) is 0 Å². The average molecular weight is 196 g/mol. The molecule has 0 aromatic heterocycles. The van der Waals surface area contributed by atoms with Gasteiger partial charge in [-0.05, 0) is 36.5 Å². The number of rotatable bonds is 7. The van der Waals surface area contributed by atoms with E-state index in [2.05, 4.69) is 27.7 Å². The van der Waals surface area contributed by atoms with Crippen LogP contribution >= 0.6 is 0 Å². The summed E-state index contributed by atoms with van der Waals surface area (Å²) in [4.78, 5) is 0. The summed E-state index contributed by atoms with van der Waals surface area (Å²) >= 11 is 0. The lowest BCUT2D eigenvalue weighted by atomic mass is 9.80. The van der Waals surface area contributed by atoms with Crippen LogP contribution in [0.4, 0.5) is 0 Å². The second kappa shape index (κ2) is 5.19. The molecule has 0 nitrogen and oxygen atoms in total. The molecule has 2 unspecified atom stereocenters. The minimum Gasteiger partial charge on any atom is -0.0654 e. The maximum atomic E-state index is 2.47. The topological polar surface area (TPSA) is 0 Å². The first-order valence-electron chi connectivity index (χ1n) is 6.61. The molecule has 1 rings (SSSR count). The lowest BCUT2D eigenvalue weighted by Crippen LogP contribution is -2.15. The van der Waals surface area contributed by atoms with E-state index in [1.54, 1.807) is 0 Å². The molecule has 0 bridgehead atoms. The molecule has 84 valence electrons. The van der Waals surface area contributed by atoms with E-state index in [9.17, 15) is 0 Å². The van der Waals surface area contributed by atoms with Gasteiger partial charge in [0, 0.05) is 0 Å². The van der Waals surface area contributed by atoms with E-state index >= 15 is 0 Å². The number of hydrogen-bond donors (Lipinski definition) is 0. The van der Waals surface area contributed by atoms with Crippen molar-refractivity contribution in [3.63, 3.8) is 0 Å². The molecule has 0 heterocycles. The van der Waals surface area contributed by atoms with Gasteiger partial charge in [-0.1, -0.05) is 53.4 Å². The van der Waals surface area contributed by atoms with E-state index in [1.807, 2.05) is 0 Å². The van der Waals surface area contributed by atoms with E-state index in [4.69, 9.17) is 0 Å². The van der Waals surface area contributed by atoms with Crippen LogP contribution in [0.25, 0.3) is 0 Å². The standard InChI is InChI=1S/C14H28/c1-5-7-8-12(3)13(6-2)11-14(4)9-10-14/h12-13H,5-11H2,1-4H3. The fourth-order valence-corrected chi connectivity index (χ4v) is 2.56. The molecule has 0 saturated heterocycles. The number of hydrogen-bond acceptors (Lipinski definition) is 0. The van der Waals surface area contributed by atoms with Crippen molar-refractivity contribution in [2.45, 2.75) is 72.6 Å². The predicted molar refractivity (Wildman–Crippen MR) is 64.4 cm³/mol. The Kier molecular flexibility index (Phi) is 4.47. The van der Waals surface area contributed by atoms with E-state index in [1.165, 1.54) is 44.9 Å². The highest BCUT2D eigenvalue weighted by Gasteiger charge is 2.39. The van der Waals surface area contributed by atoms with Crippen molar-refractivity contribution in [3.05, 3.63) is 0 Å². The van der Waals surface area contributed by atoms with Gasteiger partial charge in [0.15, 0.2) is 0 Å². The van der Waals surface area contributed by atoms with Crippen LogP contribution in [0.15, 0.2) is 0 Å². The minimum atomic E-state index is 0.751. The first kappa shape index (κ1) is 12.1. The maximum absolute atomic E-state index is 2.47. The Bertz CT molecular complexity index is 155. The molecule has 1 saturated carbocycles. The molecule has 0 radical (unpaired) electrons. The molecule has 1 fully saturated rings. The van der Waals surface area contributed by atoms with Crippen LogP contribution in [0.3, 0.4) is 0 Å². The van der Waals surface area contributed by atoms with Gasteiger partial charge < -0.3 is 0 Å². The van der Waals surface area contributed by atoms with Crippen molar-refractivity contribution in [3.8, 4) is 0 Å². The van der Waals surface area contributed by atoms with Crippen molar-refractivity contribution < 1.29 is 0 Å². The summed E-state index contributed by atoms with van der Waals surface area (Å²) in [6.45, 7) is 9.62. The van der Waals surface area contributed by atoms with Crippen molar-refractivity contribution in [1.82, 2.24) is 0 Å². The Hall–Kier alpha value is 0. The van der Waals surface area contributed by atoms with Gasteiger partial charge in [-0.3, -0.25) is 0 Å². The van der Waals surface area contributed by atoms with Crippen molar-refractivity contribution in [1.29, 1.82) is 0 Å². The molecule has 0 spiro atoms. The Morgan fingerprint density at radius 1 is 1.21 bits per heavy atom. The highest BCUT2D eigenvalue weighted by atomic mass is 14.4. The molecular formula is C14H28. The zero-order valence-corrected chi connectivity index (χ0v) is 10.6. The lowest BCUT2D eigenvalue weighted by Gasteiger charge is -2.25. The van der Waals surface area contributed by atoms with Gasteiger partial charge in [0.25, 0.3) is 0 Å². The molecule has 0 aromatic carbocycles. The summed E-state index contributed by atoms with van der Waals surface area (Å²) in [5.74, 6) is 1.95. The van der Waals surface area contributed by atoms with Crippen LogP contribution in [-0.2, 0) is 0 Å². The van der Waals surface area contributed by atoms with Gasteiger partial charge in [0.1, 0.15) is 0 Å². The molecule has 1 aliphatic rings. The van der Waals surface area contributed by atoms with Crippen LogP contribution in [-0.4, -0.2) is 0 Å². The second-order valence-corrected chi connectivity index (χ2v) is 5.80. The molecule has 0 amide bonds. The Morgan fingerprint density at radius 2 is 1.86 bits per heavy atom. The van der Waals surface area contributed by atoms with Gasteiger partial charge in [0.2, 0.25) is 0 Å². The highest BCUT2D eigenvalue weighted by Crippen LogP contribution is 2.51. The quantitative estimate of drug-likeness (QED) is 0.536. The van der Waals surface area contributed by atoms with Crippen molar-refractivity contribution >= 4 is 0 Å². The smallest absolute Gasteiger partial charge is 0.0323 e. The first-order chi connectivity index (χ1) is 6.61. The SMILES string of the molecule is CCCCC(C)C(CC)CC1(C)CC1. The van der Waals surface area contributed by atoms with Gasteiger partial charge in [-0.2, -0.15) is 0 Å². The minimum absolute atomic E-state index is 0.751. The number of unbranched alkanes of at least 4 members (excludes halogenated alkanes) is 1. The Labute approximate surface area is 90.5 Å². The summed E-state index contributed by atoms with van der Waals surface area (Å²) in [6.07, 6.45) is 10.1. The second-order valence-electron chi connectivity index (χ2n) is 5.80. The average Bonchev–Trinajstić information content (AvgIpc) is 2.89. The van der Waals surface area contributed by atoms with Gasteiger partial charge in [0.05, 0.1) is 0 Å². The van der Waals surface area contributed by atoms with Gasteiger partial charge >= 0.3 is 0 Å². The van der Waals surface area contributed by atoms with E-state index < -0.39 is 0 Å². The molecule has 14 heavy (non-hydrogen) atoms. The largest absolute Gasteiger partial charge is 0.0654 e. The molecule has 2 atom stereocenters. The van der Waals surface area contributed by atoms with Crippen LogP contribution in [0.1, 0.15) is 72.6 Å². The third kappa shape index (κ3) is 3.63. The summed E-state index contributed by atoms with van der Waals surface area (Å²) in [5, 5.41) is 0. The summed E-state index contributed by atoms with van der Waals surface area (Å²) < 4.78 is 0. The van der Waals surface area contributed by atoms with Crippen LogP contribution in [0.5, 0.6) is 0 Å². The zero-order chi connectivity index (χ0) is 10.6. The van der Waals surface area contributed by atoms with Crippen LogP contribution < -0.4 is 0 Å². The monoisotopic (exact) mass is 196 g/mol. The molecule has 0 N–H and O–H groups in total. The zero-order valence-electron chi connectivity index (χ0n) is 10.6. The Balaban J connectivity index is 2.28. The van der Waals surface area contributed by atoms with E-state index in [0.717, 1.165) is 17.3 Å². The van der Waals surface area contributed by atoms with Gasteiger partial charge in [-0.25, -0.2) is 0 Å². The summed E-state index contributed by atoms with van der Waals surface area (Å²) in [5.41, 5.74) is 0.751. The highest BCUT2D eigenvalue weighted by molar-refractivity contribution is 4.90. The molecular weight excluding hydrogens is 168 g/mol. The van der Waals surface area contributed by atoms with Crippen molar-refractivity contribution in [2.24, 2.45) is 17.3 Å². The molecule has 0 heteroatoms. The van der Waals surface area contributed by atoms with E-state index in [0.29, 0.717) is 0 Å². The third-order valence-electron chi connectivity index (χ3n) is 4.20. The van der Waals surface area contributed by atoms with Gasteiger partial charge in [-0.15, -0.1) is 0 Å². The third-order valence-corrected chi connectivity index (χ3v) is 4.20. The fourth-order valence-electron chi connectivity index (χ4n) is 2.56. The van der Waals surface area contributed by atoms with Crippen LogP contribution in [0, 0.1) is 17.3 Å². The fraction of sp³-hybridized carbons (Fsp3) is 1.00. The summed E-state index contributed by atoms with van der Waals surface area (Å²) in [7, 11) is 0. The van der Waals surface area contributed by atoms with E-state index in [-0.39, 0.29) is 0 Å². The first-order valence-corrected chi connectivity index (χ1v) is 6.61. The molecule has 0 aromatic rings. The predicted octanol–water partition coefficient (Wildman–Crippen LogP) is 5.03. The molecule has 0 aliphatic heterocycles. The molecule has 1 aliphatic carbocycles.